The van der Waals surface area contributed by atoms with Crippen LogP contribution in [0.25, 0.3) is 5.57 Å². The van der Waals surface area contributed by atoms with Crippen molar-refractivity contribution in [2.24, 2.45) is 0 Å². The Kier molecular flexibility index (Phi) is 4.38. The Morgan fingerprint density at radius 1 is 1.67 bits per heavy atom. The monoisotopic (exact) mass is 270 g/mol. The molecule has 0 saturated carbocycles. The summed E-state index contributed by atoms with van der Waals surface area (Å²) in [6.45, 7) is 6.95. The highest BCUT2D eigenvalue weighted by Gasteiger charge is 2.27. The number of halogens is 1. The van der Waals surface area contributed by atoms with Gasteiger partial charge in [0.2, 0.25) is 5.15 Å². The molecular weight excluding hydrogens is 260 g/mol. The van der Waals surface area contributed by atoms with E-state index in [2.05, 4.69) is 11.6 Å². The van der Waals surface area contributed by atoms with E-state index >= 15 is 0 Å². The molecule has 0 radical (unpaired) electrons. The first-order valence-electron chi connectivity index (χ1n) is 5.06. The number of nitrogens with zero attached hydrogens (tertiary/aromatic N) is 2. The molecule has 0 bridgehead atoms. The van der Waals surface area contributed by atoms with Crippen LogP contribution in [-0.4, -0.2) is 22.5 Å². The molecule has 1 aromatic heterocycles. The molecular formula is C11H11ClN2O4. The number of aromatic nitrogens is 1. The van der Waals surface area contributed by atoms with Gasteiger partial charge in [-0.3, -0.25) is 10.1 Å². The van der Waals surface area contributed by atoms with Gasteiger partial charge >= 0.3 is 11.7 Å². The van der Waals surface area contributed by atoms with Gasteiger partial charge in [-0.25, -0.2) is 9.78 Å². The van der Waals surface area contributed by atoms with Gasteiger partial charge < -0.3 is 4.74 Å². The van der Waals surface area contributed by atoms with Gasteiger partial charge in [0.25, 0.3) is 0 Å². The summed E-state index contributed by atoms with van der Waals surface area (Å²) in [5, 5.41) is 10.7. The SMILES string of the molecule is C=C(C)c1c(C(=O)OCC)cnc(Cl)c1[N+](=O)[O-]. The Bertz CT molecular complexity index is 528. The molecule has 0 aliphatic carbocycles. The van der Waals surface area contributed by atoms with E-state index in [1.54, 1.807) is 13.8 Å². The summed E-state index contributed by atoms with van der Waals surface area (Å²) >= 11 is 5.68. The molecule has 0 aliphatic heterocycles. The summed E-state index contributed by atoms with van der Waals surface area (Å²) in [5.41, 5.74) is -0.0531. The minimum Gasteiger partial charge on any atom is -0.462 e. The van der Waals surface area contributed by atoms with Gasteiger partial charge in [0.05, 0.1) is 22.7 Å². The van der Waals surface area contributed by atoms with Gasteiger partial charge in [-0.1, -0.05) is 18.2 Å². The van der Waals surface area contributed by atoms with Crippen LogP contribution in [0.1, 0.15) is 29.8 Å². The maximum absolute atomic E-state index is 11.7. The van der Waals surface area contributed by atoms with Crippen molar-refractivity contribution in [3.63, 3.8) is 0 Å². The second-order valence-electron chi connectivity index (χ2n) is 3.44. The number of ether oxygens (including phenoxy) is 1. The number of pyridine rings is 1. The van der Waals surface area contributed by atoms with Crippen LogP contribution >= 0.6 is 11.6 Å². The molecule has 0 fully saturated rings. The van der Waals surface area contributed by atoms with Crippen molar-refractivity contribution in [3.05, 3.63) is 39.2 Å². The molecule has 0 unspecified atom stereocenters. The van der Waals surface area contributed by atoms with E-state index in [-0.39, 0.29) is 22.9 Å². The zero-order valence-corrected chi connectivity index (χ0v) is 10.7. The van der Waals surface area contributed by atoms with Crippen LogP contribution in [0, 0.1) is 10.1 Å². The third-order valence-electron chi connectivity index (χ3n) is 2.11. The molecule has 1 heterocycles. The molecule has 0 spiro atoms. The zero-order chi connectivity index (χ0) is 13.9. The fourth-order valence-electron chi connectivity index (χ4n) is 1.44. The lowest BCUT2D eigenvalue weighted by molar-refractivity contribution is -0.385. The number of rotatable bonds is 4. The van der Waals surface area contributed by atoms with Crippen LogP contribution in [0.15, 0.2) is 12.8 Å². The van der Waals surface area contributed by atoms with E-state index in [0.29, 0.717) is 5.57 Å². The predicted octanol–water partition coefficient (Wildman–Crippen LogP) is 2.85. The van der Waals surface area contributed by atoms with Crippen LogP contribution in [0.5, 0.6) is 0 Å². The summed E-state index contributed by atoms with van der Waals surface area (Å²) in [6, 6.07) is 0. The van der Waals surface area contributed by atoms with Gasteiger partial charge in [0.15, 0.2) is 0 Å². The smallest absolute Gasteiger partial charge is 0.340 e. The molecule has 0 aromatic carbocycles. The number of hydrogen-bond donors (Lipinski definition) is 0. The largest absolute Gasteiger partial charge is 0.462 e. The van der Waals surface area contributed by atoms with Crippen molar-refractivity contribution < 1.29 is 14.5 Å². The van der Waals surface area contributed by atoms with E-state index in [1.165, 1.54) is 0 Å². The highest BCUT2D eigenvalue weighted by atomic mass is 35.5. The average molecular weight is 271 g/mol. The lowest BCUT2D eigenvalue weighted by atomic mass is 10.0. The Morgan fingerprint density at radius 3 is 2.72 bits per heavy atom. The van der Waals surface area contributed by atoms with Crippen molar-refractivity contribution in [1.82, 2.24) is 4.98 Å². The average Bonchev–Trinajstić information content (AvgIpc) is 2.27. The topological polar surface area (TPSA) is 82.3 Å². The number of carbonyl (C=O) groups excluding carboxylic acids is 1. The third-order valence-corrected chi connectivity index (χ3v) is 2.39. The fourth-order valence-corrected chi connectivity index (χ4v) is 1.65. The Morgan fingerprint density at radius 2 is 2.28 bits per heavy atom. The predicted molar refractivity (Wildman–Crippen MR) is 66.6 cm³/mol. The van der Waals surface area contributed by atoms with Crippen molar-refractivity contribution in [1.29, 1.82) is 0 Å². The normalized spacial score (nSPS) is 9.94. The molecule has 0 atom stereocenters. The van der Waals surface area contributed by atoms with Crippen LogP contribution in [0.2, 0.25) is 5.15 Å². The summed E-state index contributed by atoms with van der Waals surface area (Å²) < 4.78 is 4.81. The maximum Gasteiger partial charge on any atom is 0.340 e. The molecule has 0 saturated heterocycles. The van der Waals surface area contributed by atoms with Gasteiger partial charge in [0.1, 0.15) is 0 Å². The highest BCUT2D eigenvalue weighted by molar-refractivity contribution is 6.32. The van der Waals surface area contributed by atoms with Crippen molar-refractivity contribution in [2.75, 3.05) is 6.61 Å². The maximum atomic E-state index is 11.7. The molecule has 1 rings (SSSR count). The summed E-state index contributed by atoms with van der Waals surface area (Å²) in [7, 11) is 0. The Labute approximate surface area is 108 Å². The summed E-state index contributed by atoms with van der Waals surface area (Å²) in [5.74, 6) is -0.692. The summed E-state index contributed by atoms with van der Waals surface area (Å²) in [4.78, 5) is 25.6. The first-order valence-corrected chi connectivity index (χ1v) is 5.43. The standard InChI is InChI=1S/C11H11ClN2O4/c1-4-18-11(15)7-5-13-10(12)9(14(16)17)8(7)6(2)3/h5H,2,4H2,1,3H3. The molecule has 7 heteroatoms. The Hall–Kier alpha value is -1.95. The van der Waals surface area contributed by atoms with Crippen molar-refractivity contribution in [3.8, 4) is 0 Å². The molecule has 0 N–H and O–H groups in total. The lowest BCUT2D eigenvalue weighted by Crippen LogP contribution is -2.10. The van der Waals surface area contributed by atoms with Crippen LogP contribution in [0.4, 0.5) is 5.69 Å². The second-order valence-corrected chi connectivity index (χ2v) is 3.80. The van der Waals surface area contributed by atoms with E-state index in [0.717, 1.165) is 6.20 Å². The van der Waals surface area contributed by atoms with E-state index in [9.17, 15) is 14.9 Å². The molecule has 96 valence electrons. The van der Waals surface area contributed by atoms with E-state index < -0.39 is 16.6 Å². The number of carbonyl (C=O) groups is 1. The van der Waals surface area contributed by atoms with Crippen LogP contribution < -0.4 is 0 Å². The zero-order valence-electron chi connectivity index (χ0n) is 9.90. The molecule has 0 aliphatic rings. The second kappa shape index (κ2) is 5.59. The van der Waals surface area contributed by atoms with Gasteiger partial charge in [-0.15, -0.1) is 0 Å². The van der Waals surface area contributed by atoms with Crippen LogP contribution in [0.3, 0.4) is 0 Å². The molecule has 0 amide bonds. The number of esters is 1. The van der Waals surface area contributed by atoms with Crippen molar-refractivity contribution >= 4 is 28.8 Å². The third kappa shape index (κ3) is 2.65. The quantitative estimate of drug-likeness (QED) is 0.364. The fraction of sp³-hybridized carbons (Fsp3) is 0.273. The van der Waals surface area contributed by atoms with Crippen molar-refractivity contribution in [2.45, 2.75) is 13.8 Å². The first kappa shape index (κ1) is 14.1. The number of nitro groups is 1. The van der Waals surface area contributed by atoms with E-state index in [4.69, 9.17) is 16.3 Å². The molecule has 6 nitrogen and oxygen atoms in total. The van der Waals surface area contributed by atoms with Gasteiger partial charge in [0, 0.05) is 6.20 Å². The van der Waals surface area contributed by atoms with E-state index in [1.807, 2.05) is 0 Å². The number of hydrogen-bond acceptors (Lipinski definition) is 5. The molecule has 18 heavy (non-hydrogen) atoms. The summed E-state index contributed by atoms with van der Waals surface area (Å²) in [6.07, 6.45) is 1.15. The number of allylic oxidation sites excluding steroid dienone is 1. The van der Waals surface area contributed by atoms with Gasteiger partial charge in [-0.05, 0) is 19.4 Å². The lowest BCUT2D eigenvalue weighted by Gasteiger charge is -2.09. The van der Waals surface area contributed by atoms with Crippen LogP contribution in [-0.2, 0) is 4.74 Å². The highest BCUT2D eigenvalue weighted by Crippen LogP contribution is 2.33. The first-order chi connectivity index (χ1) is 8.40. The molecule has 1 aromatic rings. The Balaban J connectivity index is 3.54. The minimum atomic E-state index is -0.692. The minimum absolute atomic E-state index is 0.0135. The van der Waals surface area contributed by atoms with Gasteiger partial charge in [-0.2, -0.15) is 0 Å².